The maximum Gasteiger partial charge on any atom is 0.225 e. The summed E-state index contributed by atoms with van der Waals surface area (Å²) in [5, 5.41) is 3.25. The SMILES string of the molecule is CSc1cccc(COC(CCC(C)(C)C)O[SiH](C)C)c1NC(=O)CC1c2ccccc2Oc2ccccc21. The van der Waals surface area contributed by atoms with Crippen LogP contribution < -0.4 is 10.1 Å². The average Bonchev–Trinajstić information content (AvgIpc) is 2.90. The van der Waals surface area contributed by atoms with Crippen LogP contribution in [0.5, 0.6) is 11.5 Å². The highest BCUT2D eigenvalue weighted by Crippen LogP contribution is 2.45. The van der Waals surface area contributed by atoms with Gasteiger partial charge in [-0.2, -0.15) is 0 Å². The molecule has 0 bridgehead atoms. The minimum absolute atomic E-state index is 0.0376. The molecule has 3 aromatic rings. The van der Waals surface area contributed by atoms with Gasteiger partial charge in [0, 0.05) is 33.9 Å². The molecule has 39 heavy (non-hydrogen) atoms. The first kappa shape index (κ1) is 29.4. The number of carbonyl (C=O) groups excluding carboxylic acids is 1. The van der Waals surface area contributed by atoms with Crippen molar-refractivity contribution in [2.75, 3.05) is 11.6 Å². The van der Waals surface area contributed by atoms with Crippen LogP contribution in [0.1, 0.15) is 62.6 Å². The molecule has 5 nitrogen and oxygen atoms in total. The van der Waals surface area contributed by atoms with Crippen molar-refractivity contribution in [2.45, 2.75) is 76.8 Å². The van der Waals surface area contributed by atoms with Gasteiger partial charge in [0.05, 0.1) is 12.3 Å². The fourth-order valence-corrected chi connectivity index (χ4v) is 6.26. The summed E-state index contributed by atoms with van der Waals surface area (Å²) in [6.45, 7) is 11.4. The molecule has 4 rings (SSSR count). The van der Waals surface area contributed by atoms with Crippen LogP contribution in [0.2, 0.25) is 13.1 Å². The van der Waals surface area contributed by atoms with Crippen LogP contribution in [0.4, 0.5) is 5.69 Å². The number of para-hydroxylation sites is 3. The topological polar surface area (TPSA) is 56.8 Å². The van der Waals surface area contributed by atoms with Crippen LogP contribution in [0.15, 0.2) is 71.6 Å². The zero-order valence-corrected chi connectivity index (χ0v) is 25.9. The van der Waals surface area contributed by atoms with Gasteiger partial charge in [0.2, 0.25) is 5.91 Å². The Morgan fingerprint density at radius 2 is 1.64 bits per heavy atom. The second kappa shape index (κ2) is 13.2. The number of hydrogen-bond donors (Lipinski definition) is 1. The van der Waals surface area contributed by atoms with Crippen LogP contribution in [0.3, 0.4) is 0 Å². The van der Waals surface area contributed by atoms with Crippen molar-refractivity contribution in [2.24, 2.45) is 5.41 Å². The molecule has 1 aliphatic heterocycles. The smallest absolute Gasteiger partial charge is 0.225 e. The third-order valence-electron chi connectivity index (χ3n) is 6.77. The van der Waals surface area contributed by atoms with E-state index in [-0.39, 0.29) is 23.5 Å². The summed E-state index contributed by atoms with van der Waals surface area (Å²) in [5.74, 6) is 1.49. The number of amides is 1. The van der Waals surface area contributed by atoms with Crippen LogP contribution in [-0.4, -0.2) is 27.5 Å². The standard InChI is InChI=1S/C32H41NO4SSi/c1-32(2,3)19-18-30(37-39(5)6)35-21-22-12-11-17-28(38-4)31(22)33-29(34)20-25-23-13-7-9-15-26(23)36-27-16-10-8-14-24(25)27/h7-17,25,30,39H,18-21H2,1-6H3,(H,33,34). The summed E-state index contributed by atoms with van der Waals surface area (Å²) in [5.41, 5.74) is 4.05. The number of anilines is 1. The first-order chi connectivity index (χ1) is 18.6. The summed E-state index contributed by atoms with van der Waals surface area (Å²) in [4.78, 5) is 14.6. The van der Waals surface area contributed by atoms with E-state index in [2.05, 4.69) is 39.2 Å². The van der Waals surface area contributed by atoms with Crippen molar-refractivity contribution in [3.8, 4) is 11.5 Å². The summed E-state index contributed by atoms with van der Waals surface area (Å²) < 4.78 is 18.7. The third kappa shape index (κ3) is 7.98. The Morgan fingerprint density at radius 3 is 2.23 bits per heavy atom. The Bertz CT molecular complexity index is 1230. The number of nitrogens with one attached hydrogen (secondary N) is 1. The highest BCUT2D eigenvalue weighted by Gasteiger charge is 2.29. The number of thioether (sulfide) groups is 1. The molecule has 1 unspecified atom stereocenters. The molecule has 1 aliphatic rings. The zero-order chi connectivity index (χ0) is 28.0. The van der Waals surface area contributed by atoms with E-state index in [1.807, 2.05) is 73.0 Å². The second-order valence-corrected chi connectivity index (χ2v) is 14.7. The monoisotopic (exact) mass is 563 g/mol. The summed E-state index contributed by atoms with van der Waals surface area (Å²) in [7, 11) is -1.28. The molecule has 1 atom stereocenters. The molecule has 208 valence electrons. The van der Waals surface area contributed by atoms with Gasteiger partial charge in [-0.3, -0.25) is 4.79 Å². The summed E-state index contributed by atoms with van der Waals surface area (Å²) in [6.07, 6.45) is 3.96. The Balaban J connectivity index is 1.52. The van der Waals surface area contributed by atoms with Gasteiger partial charge in [0.15, 0.2) is 9.04 Å². The zero-order valence-electron chi connectivity index (χ0n) is 24.0. The Morgan fingerprint density at radius 1 is 1.00 bits per heavy atom. The summed E-state index contributed by atoms with van der Waals surface area (Å²) in [6, 6.07) is 22.0. The highest BCUT2D eigenvalue weighted by atomic mass is 32.2. The molecule has 0 saturated heterocycles. The van der Waals surface area contributed by atoms with E-state index < -0.39 is 9.04 Å². The first-order valence-electron chi connectivity index (χ1n) is 13.7. The minimum Gasteiger partial charge on any atom is -0.457 e. The van der Waals surface area contributed by atoms with Crippen LogP contribution in [-0.2, 0) is 20.6 Å². The van der Waals surface area contributed by atoms with Crippen LogP contribution in [0, 0.1) is 5.41 Å². The fourth-order valence-electron chi connectivity index (χ4n) is 4.84. The molecule has 0 saturated carbocycles. The van der Waals surface area contributed by atoms with Gasteiger partial charge in [-0.05, 0) is 55.8 Å². The maximum absolute atomic E-state index is 13.6. The predicted octanol–water partition coefficient (Wildman–Crippen LogP) is 8.34. The molecule has 1 amide bonds. The molecule has 0 fully saturated rings. The molecule has 7 heteroatoms. The van der Waals surface area contributed by atoms with Crippen molar-refractivity contribution in [3.63, 3.8) is 0 Å². The molecular weight excluding hydrogens is 523 g/mol. The number of fused-ring (bicyclic) bond motifs is 2. The number of benzene rings is 3. The van der Waals surface area contributed by atoms with Gasteiger partial charge >= 0.3 is 0 Å². The van der Waals surface area contributed by atoms with Crippen molar-refractivity contribution in [3.05, 3.63) is 83.4 Å². The molecule has 0 spiro atoms. The van der Waals surface area contributed by atoms with Crippen molar-refractivity contribution >= 4 is 32.4 Å². The summed E-state index contributed by atoms with van der Waals surface area (Å²) >= 11 is 1.62. The fraction of sp³-hybridized carbons (Fsp3) is 0.406. The van der Waals surface area contributed by atoms with Gasteiger partial charge in [-0.25, -0.2) is 0 Å². The lowest BCUT2D eigenvalue weighted by atomic mass is 9.85. The van der Waals surface area contributed by atoms with Crippen molar-refractivity contribution in [1.29, 1.82) is 0 Å². The van der Waals surface area contributed by atoms with E-state index in [4.69, 9.17) is 13.9 Å². The second-order valence-electron chi connectivity index (χ2n) is 11.5. The molecule has 0 aromatic heterocycles. The molecule has 0 aliphatic carbocycles. The Hall–Kier alpha value is -2.58. The van der Waals surface area contributed by atoms with Crippen LogP contribution >= 0.6 is 11.8 Å². The van der Waals surface area contributed by atoms with E-state index in [1.165, 1.54) is 0 Å². The Labute approximate surface area is 239 Å². The number of carbonyl (C=O) groups is 1. The normalized spacial score (nSPS) is 13.9. The largest absolute Gasteiger partial charge is 0.457 e. The molecule has 3 aromatic carbocycles. The van der Waals surface area contributed by atoms with Gasteiger partial charge in [0.1, 0.15) is 17.8 Å². The highest BCUT2D eigenvalue weighted by molar-refractivity contribution is 7.98. The third-order valence-corrected chi connectivity index (χ3v) is 8.40. The first-order valence-corrected chi connectivity index (χ1v) is 17.7. The van der Waals surface area contributed by atoms with E-state index in [0.717, 1.165) is 51.6 Å². The van der Waals surface area contributed by atoms with Crippen molar-refractivity contribution in [1.82, 2.24) is 0 Å². The van der Waals surface area contributed by atoms with Gasteiger partial charge in [-0.15, -0.1) is 11.8 Å². The van der Waals surface area contributed by atoms with Crippen molar-refractivity contribution < 1.29 is 18.7 Å². The molecule has 0 radical (unpaired) electrons. The lowest BCUT2D eigenvalue weighted by Gasteiger charge is -2.28. The molecular formula is C32H41NO4SSi. The van der Waals surface area contributed by atoms with Gasteiger partial charge in [-0.1, -0.05) is 69.3 Å². The van der Waals surface area contributed by atoms with Crippen LogP contribution in [0.25, 0.3) is 0 Å². The predicted molar refractivity (Wildman–Crippen MR) is 163 cm³/mol. The number of rotatable bonds is 11. The number of ether oxygens (including phenoxy) is 2. The quantitative estimate of drug-likeness (QED) is 0.144. The molecule has 1 heterocycles. The van der Waals surface area contributed by atoms with E-state index in [1.54, 1.807) is 11.8 Å². The van der Waals surface area contributed by atoms with Gasteiger partial charge in [0.25, 0.3) is 0 Å². The Kier molecular flexibility index (Phi) is 9.94. The van der Waals surface area contributed by atoms with E-state index in [0.29, 0.717) is 13.0 Å². The minimum atomic E-state index is -1.28. The molecule has 1 N–H and O–H groups in total. The lowest BCUT2D eigenvalue weighted by Crippen LogP contribution is -2.25. The maximum atomic E-state index is 13.6. The van der Waals surface area contributed by atoms with Gasteiger partial charge < -0.3 is 19.2 Å². The van der Waals surface area contributed by atoms with E-state index in [9.17, 15) is 4.79 Å². The van der Waals surface area contributed by atoms with E-state index >= 15 is 0 Å². The number of hydrogen-bond acceptors (Lipinski definition) is 5. The lowest BCUT2D eigenvalue weighted by molar-refractivity contribution is -0.116. The average molecular weight is 564 g/mol.